The Bertz CT molecular complexity index is 682. The summed E-state index contributed by atoms with van der Waals surface area (Å²) in [6.07, 6.45) is 5.69. The molecule has 2 heterocycles. The molecule has 1 N–H and O–H groups in total. The van der Waals surface area contributed by atoms with E-state index >= 15 is 0 Å². The van der Waals surface area contributed by atoms with Gasteiger partial charge in [0.05, 0.1) is 11.4 Å². The summed E-state index contributed by atoms with van der Waals surface area (Å²) < 4.78 is 1.93. The average Bonchev–Trinajstić information content (AvgIpc) is 2.93. The molecule has 0 spiro atoms. The van der Waals surface area contributed by atoms with Gasteiger partial charge in [-0.25, -0.2) is 4.68 Å². The van der Waals surface area contributed by atoms with Crippen molar-refractivity contribution in [2.45, 2.75) is 13.5 Å². The van der Waals surface area contributed by atoms with Crippen molar-refractivity contribution in [3.05, 3.63) is 54.6 Å². The Morgan fingerprint density at radius 2 is 2.16 bits per heavy atom. The number of fused-ring (bicyclic) bond motifs is 1. The van der Waals surface area contributed by atoms with E-state index in [4.69, 9.17) is 0 Å². The van der Waals surface area contributed by atoms with Crippen LogP contribution in [-0.4, -0.2) is 21.3 Å². The molecule has 0 atom stereocenters. The minimum absolute atomic E-state index is 0.801. The highest BCUT2D eigenvalue weighted by Gasteiger charge is 2.04. The molecule has 0 unspecified atom stereocenters. The van der Waals surface area contributed by atoms with Gasteiger partial charge in [-0.15, -0.1) is 0 Å². The Morgan fingerprint density at radius 1 is 1.21 bits per heavy atom. The summed E-state index contributed by atoms with van der Waals surface area (Å²) in [5.41, 5.74) is 2.13. The standard InChI is InChI=1S/C15H16N4/c1-2-16-11-13-7-9-19(18-13)15-5-3-4-12-10-17-8-6-14(12)15/h3-10,16H,2,11H2,1H3. The maximum Gasteiger partial charge on any atom is 0.0766 e. The molecule has 0 aliphatic rings. The molecule has 96 valence electrons. The second kappa shape index (κ2) is 5.20. The lowest BCUT2D eigenvalue weighted by Gasteiger charge is -2.06. The van der Waals surface area contributed by atoms with Crippen LogP contribution in [0.2, 0.25) is 0 Å². The quantitative estimate of drug-likeness (QED) is 0.776. The zero-order valence-electron chi connectivity index (χ0n) is 10.9. The second-order valence-electron chi connectivity index (χ2n) is 4.41. The molecule has 3 aromatic rings. The molecular formula is C15H16N4. The minimum Gasteiger partial charge on any atom is -0.311 e. The highest BCUT2D eigenvalue weighted by molar-refractivity contribution is 5.89. The maximum absolute atomic E-state index is 4.60. The molecule has 0 aliphatic carbocycles. The normalized spacial score (nSPS) is 11.0. The Morgan fingerprint density at radius 3 is 3.05 bits per heavy atom. The zero-order valence-corrected chi connectivity index (χ0v) is 10.9. The SMILES string of the molecule is CCNCc1ccn(-c2cccc3cnccc23)n1. The lowest BCUT2D eigenvalue weighted by Crippen LogP contribution is -2.12. The van der Waals surface area contributed by atoms with Gasteiger partial charge in [-0.05, 0) is 24.7 Å². The highest BCUT2D eigenvalue weighted by atomic mass is 15.3. The number of pyridine rings is 1. The van der Waals surface area contributed by atoms with Gasteiger partial charge in [0.1, 0.15) is 0 Å². The van der Waals surface area contributed by atoms with Crippen molar-refractivity contribution in [2.75, 3.05) is 6.54 Å². The van der Waals surface area contributed by atoms with Crippen LogP contribution in [-0.2, 0) is 6.54 Å². The van der Waals surface area contributed by atoms with Gasteiger partial charge < -0.3 is 5.32 Å². The molecule has 2 aromatic heterocycles. The largest absolute Gasteiger partial charge is 0.311 e. The van der Waals surface area contributed by atoms with Crippen molar-refractivity contribution >= 4 is 10.8 Å². The zero-order chi connectivity index (χ0) is 13.1. The number of rotatable bonds is 4. The third-order valence-electron chi connectivity index (χ3n) is 3.10. The Balaban J connectivity index is 2.02. The summed E-state index contributed by atoms with van der Waals surface area (Å²) >= 11 is 0. The van der Waals surface area contributed by atoms with E-state index < -0.39 is 0 Å². The lowest BCUT2D eigenvalue weighted by molar-refractivity contribution is 0.697. The van der Waals surface area contributed by atoms with Crippen LogP contribution in [0, 0.1) is 0 Å². The molecule has 0 bridgehead atoms. The first-order valence-corrected chi connectivity index (χ1v) is 6.47. The number of hydrogen-bond donors (Lipinski definition) is 1. The van der Waals surface area contributed by atoms with Crippen molar-refractivity contribution in [1.82, 2.24) is 20.1 Å². The summed E-state index contributed by atoms with van der Waals surface area (Å²) in [5.74, 6) is 0. The summed E-state index contributed by atoms with van der Waals surface area (Å²) in [5, 5.41) is 10.2. The third kappa shape index (κ3) is 2.35. The van der Waals surface area contributed by atoms with Gasteiger partial charge in [-0.1, -0.05) is 19.1 Å². The molecule has 4 heteroatoms. The first-order chi connectivity index (χ1) is 9.38. The molecule has 4 nitrogen and oxygen atoms in total. The van der Waals surface area contributed by atoms with Crippen molar-refractivity contribution in [3.63, 3.8) is 0 Å². The van der Waals surface area contributed by atoms with Gasteiger partial charge >= 0.3 is 0 Å². The van der Waals surface area contributed by atoms with Crippen LogP contribution in [0.15, 0.2) is 48.9 Å². The average molecular weight is 252 g/mol. The third-order valence-corrected chi connectivity index (χ3v) is 3.10. The van der Waals surface area contributed by atoms with E-state index in [9.17, 15) is 0 Å². The second-order valence-corrected chi connectivity index (χ2v) is 4.41. The van der Waals surface area contributed by atoms with Crippen LogP contribution in [0.3, 0.4) is 0 Å². The van der Waals surface area contributed by atoms with Crippen molar-refractivity contribution in [2.24, 2.45) is 0 Å². The van der Waals surface area contributed by atoms with E-state index in [1.807, 2.05) is 41.5 Å². The fourth-order valence-corrected chi connectivity index (χ4v) is 2.15. The number of nitrogens with one attached hydrogen (secondary N) is 1. The summed E-state index contributed by atoms with van der Waals surface area (Å²) in [6.45, 7) is 3.84. The van der Waals surface area contributed by atoms with E-state index in [1.165, 1.54) is 0 Å². The molecular weight excluding hydrogens is 236 g/mol. The van der Waals surface area contributed by atoms with E-state index in [0.29, 0.717) is 0 Å². The molecule has 0 radical (unpaired) electrons. The monoisotopic (exact) mass is 252 g/mol. The number of benzene rings is 1. The van der Waals surface area contributed by atoms with Crippen molar-refractivity contribution in [3.8, 4) is 5.69 Å². The van der Waals surface area contributed by atoms with Crippen LogP contribution in [0.25, 0.3) is 16.5 Å². The molecule has 0 saturated carbocycles. The number of nitrogens with zero attached hydrogens (tertiary/aromatic N) is 3. The molecule has 0 aliphatic heterocycles. The van der Waals surface area contributed by atoms with Crippen LogP contribution < -0.4 is 5.32 Å². The van der Waals surface area contributed by atoms with E-state index in [0.717, 1.165) is 35.2 Å². The van der Waals surface area contributed by atoms with E-state index in [1.54, 1.807) is 0 Å². The summed E-state index contributed by atoms with van der Waals surface area (Å²) in [7, 11) is 0. The lowest BCUT2D eigenvalue weighted by atomic mass is 10.1. The Kier molecular flexibility index (Phi) is 3.25. The summed E-state index contributed by atoms with van der Waals surface area (Å²) in [6, 6.07) is 10.2. The molecule has 3 rings (SSSR count). The van der Waals surface area contributed by atoms with E-state index in [-0.39, 0.29) is 0 Å². The van der Waals surface area contributed by atoms with Crippen LogP contribution >= 0.6 is 0 Å². The predicted molar refractivity (Wildman–Crippen MR) is 76.2 cm³/mol. The van der Waals surface area contributed by atoms with Gasteiger partial charge in [0.2, 0.25) is 0 Å². The highest BCUT2D eigenvalue weighted by Crippen LogP contribution is 2.20. The first-order valence-electron chi connectivity index (χ1n) is 6.47. The molecule has 0 amide bonds. The maximum atomic E-state index is 4.60. The number of hydrogen-bond acceptors (Lipinski definition) is 3. The topological polar surface area (TPSA) is 42.7 Å². The van der Waals surface area contributed by atoms with Crippen LogP contribution in [0.4, 0.5) is 0 Å². The van der Waals surface area contributed by atoms with Crippen molar-refractivity contribution < 1.29 is 0 Å². The number of aromatic nitrogens is 3. The van der Waals surface area contributed by atoms with Gasteiger partial charge in [0.25, 0.3) is 0 Å². The Labute approximate surface area is 112 Å². The van der Waals surface area contributed by atoms with Gasteiger partial charge in [-0.2, -0.15) is 5.10 Å². The van der Waals surface area contributed by atoms with E-state index in [2.05, 4.69) is 34.5 Å². The first kappa shape index (κ1) is 11.9. The van der Waals surface area contributed by atoms with Gasteiger partial charge in [-0.3, -0.25) is 4.98 Å². The molecule has 1 aromatic carbocycles. The molecule has 0 fully saturated rings. The van der Waals surface area contributed by atoms with Crippen molar-refractivity contribution in [1.29, 1.82) is 0 Å². The smallest absolute Gasteiger partial charge is 0.0766 e. The predicted octanol–water partition coefficient (Wildman–Crippen LogP) is 2.53. The molecule has 19 heavy (non-hydrogen) atoms. The molecule has 0 saturated heterocycles. The fraction of sp³-hybridized carbons (Fsp3) is 0.200. The van der Waals surface area contributed by atoms with Gasteiger partial charge in [0, 0.05) is 35.9 Å². The Hall–Kier alpha value is -2.20. The minimum atomic E-state index is 0.801. The van der Waals surface area contributed by atoms with Crippen LogP contribution in [0.1, 0.15) is 12.6 Å². The fourth-order valence-electron chi connectivity index (χ4n) is 2.15. The van der Waals surface area contributed by atoms with Gasteiger partial charge in [0.15, 0.2) is 0 Å². The van der Waals surface area contributed by atoms with Crippen LogP contribution in [0.5, 0.6) is 0 Å². The summed E-state index contributed by atoms with van der Waals surface area (Å²) in [4.78, 5) is 4.15.